The standard InChI is InChI=1S/C54H104O6/c1-7-50(6)42-36-30-24-20-21-26-32-38-44-53(56)59-47-51(60-54(57)45-39-33-27-19-15-17-23-29-35-41-49(4)5)46-58-52(55)43-37-31-25-18-14-12-10-8-9-11-13-16-22-28-34-40-48(2)3/h48-51H,7-47H2,1-6H3/t50?,51-/m1/s1. The van der Waals surface area contributed by atoms with Gasteiger partial charge in [0.25, 0.3) is 0 Å². The summed E-state index contributed by atoms with van der Waals surface area (Å²) < 4.78 is 16.8. The van der Waals surface area contributed by atoms with Gasteiger partial charge in [-0.1, -0.05) is 253 Å². The molecule has 0 aromatic carbocycles. The van der Waals surface area contributed by atoms with Gasteiger partial charge in [0, 0.05) is 19.3 Å². The van der Waals surface area contributed by atoms with Crippen LogP contribution in [-0.2, 0) is 28.6 Å². The number of carbonyl (C=O) groups is 3. The highest BCUT2D eigenvalue weighted by Gasteiger charge is 2.19. The number of ether oxygens (including phenoxy) is 3. The first-order chi connectivity index (χ1) is 29.1. The molecule has 0 aliphatic heterocycles. The predicted molar refractivity (Wildman–Crippen MR) is 256 cm³/mol. The van der Waals surface area contributed by atoms with E-state index in [1.807, 2.05) is 0 Å². The molecule has 0 heterocycles. The smallest absolute Gasteiger partial charge is 0.306 e. The van der Waals surface area contributed by atoms with Crippen molar-refractivity contribution in [2.24, 2.45) is 17.8 Å². The second-order valence-electron chi connectivity index (χ2n) is 19.7. The van der Waals surface area contributed by atoms with E-state index in [-0.39, 0.29) is 31.1 Å². The third kappa shape index (κ3) is 45.9. The number of hydrogen-bond donors (Lipinski definition) is 0. The molecule has 0 fully saturated rings. The van der Waals surface area contributed by atoms with Gasteiger partial charge < -0.3 is 14.2 Å². The van der Waals surface area contributed by atoms with Crippen LogP contribution in [0.15, 0.2) is 0 Å². The summed E-state index contributed by atoms with van der Waals surface area (Å²) in [5.41, 5.74) is 0. The van der Waals surface area contributed by atoms with Crippen LogP contribution in [0.4, 0.5) is 0 Å². The molecule has 0 aliphatic rings. The Bertz CT molecular complexity index is 931. The summed E-state index contributed by atoms with van der Waals surface area (Å²) in [6, 6.07) is 0. The fourth-order valence-corrected chi connectivity index (χ4v) is 8.08. The molecule has 0 radical (unpaired) electrons. The normalized spacial score (nSPS) is 12.6. The van der Waals surface area contributed by atoms with E-state index < -0.39 is 6.10 Å². The Balaban J connectivity index is 4.28. The van der Waals surface area contributed by atoms with E-state index in [1.54, 1.807) is 0 Å². The van der Waals surface area contributed by atoms with E-state index in [4.69, 9.17) is 14.2 Å². The molecule has 1 unspecified atom stereocenters. The summed E-state index contributed by atoms with van der Waals surface area (Å²) in [4.78, 5) is 38.0. The number of esters is 3. The maximum absolute atomic E-state index is 12.8. The SMILES string of the molecule is CCC(C)CCCCCCCCCCC(=O)OC[C@@H](COC(=O)CCCCCCCCCCCCCCCCCC(C)C)OC(=O)CCCCCCCCCCCC(C)C. The second-order valence-corrected chi connectivity index (χ2v) is 19.7. The van der Waals surface area contributed by atoms with Crippen molar-refractivity contribution in [3.05, 3.63) is 0 Å². The first-order valence-corrected chi connectivity index (χ1v) is 26.6. The molecular weight excluding hydrogens is 745 g/mol. The number of rotatable bonds is 47. The fourth-order valence-electron chi connectivity index (χ4n) is 8.08. The van der Waals surface area contributed by atoms with Gasteiger partial charge in [-0.05, 0) is 37.0 Å². The van der Waals surface area contributed by atoms with Crippen LogP contribution >= 0.6 is 0 Å². The van der Waals surface area contributed by atoms with Crippen molar-refractivity contribution in [3.8, 4) is 0 Å². The van der Waals surface area contributed by atoms with Crippen LogP contribution in [0.5, 0.6) is 0 Å². The number of hydrogen-bond acceptors (Lipinski definition) is 6. The Hall–Kier alpha value is -1.59. The van der Waals surface area contributed by atoms with Crippen LogP contribution in [0, 0.1) is 17.8 Å². The highest BCUT2D eigenvalue weighted by molar-refractivity contribution is 5.71. The molecule has 6 nitrogen and oxygen atoms in total. The van der Waals surface area contributed by atoms with Gasteiger partial charge in [-0.2, -0.15) is 0 Å². The second kappa shape index (κ2) is 45.4. The average molecular weight is 849 g/mol. The van der Waals surface area contributed by atoms with Gasteiger partial charge in [-0.3, -0.25) is 14.4 Å². The van der Waals surface area contributed by atoms with Crippen molar-refractivity contribution in [2.75, 3.05) is 13.2 Å². The van der Waals surface area contributed by atoms with Crippen molar-refractivity contribution in [2.45, 2.75) is 298 Å². The van der Waals surface area contributed by atoms with Crippen molar-refractivity contribution in [3.63, 3.8) is 0 Å². The van der Waals surface area contributed by atoms with E-state index in [0.29, 0.717) is 19.3 Å². The number of carbonyl (C=O) groups excluding carboxylic acids is 3. The zero-order chi connectivity index (χ0) is 44.2. The molecule has 0 N–H and O–H groups in total. The molecule has 0 aromatic heterocycles. The lowest BCUT2D eigenvalue weighted by molar-refractivity contribution is -0.167. The fraction of sp³-hybridized carbons (Fsp3) is 0.944. The van der Waals surface area contributed by atoms with Gasteiger partial charge in [0.15, 0.2) is 6.10 Å². The Kier molecular flexibility index (Phi) is 44.2. The van der Waals surface area contributed by atoms with E-state index in [0.717, 1.165) is 75.5 Å². The summed E-state index contributed by atoms with van der Waals surface area (Å²) in [5.74, 6) is 1.65. The Morgan fingerprint density at radius 1 is 0.333 bits per heavy atom. The van der Waals surface area contributed by atoms with E-state index in [9.17, 15) is 14.4 Å². The average Bonchev–Trinajstić information content (AvgIpc) is 3.22. The van der Waals surface area contributed by atoms with Crippen molar-refractivity contribution in [1.82, 2.24) is 0 Å². The quantitative estimate of drug-likeness (QED) is 0.0345. The highest BCUT2D eigenvalue weighted by atomic mass is 16.6. The molecule has 2 atom stereocenters. The van der Waals surface area contributed by atoms with Gasteiger partial charge in [0.2, 0.25) is 0 Å². The Morgan fingerprint density at radius 2 is 0.583 bits per heavy atom. The lowest BCUT2D eigenvalue weighted by atomic mass is 9.99. The van der Waals surface area contributed by atoms with Crippen molar-refractivity contribution >= 4 is 17.9 Å². The van der Waals surface area contributed by atoms with Crippen LogP contribution in [0.3, 0.4) is 0 Å². The van der Waals surface area contributed by atoms with Crippen LogP contribution in [0.25, 0.3) is 0 Å². The molecule has 0 bridgehead atoms. The minimum absolute atomic E-state index is 0.0648. The maximum atomic E-state index is 12.8. The molecule has 0 amide bonds. The molecule has 6 heteroatoms. The largest absolute Gasteiger partial charge is 0.462 e. The molecule has 356 valence electrons. The lowest BCUT2D eigenvalue weighted by Crippen LogP contribution is -2.30. The molecule has 0 saturated heterocycles. The summed E-state index contributed by atoms with van der Waals surface area (Å²) in [7, 11) is 0. The van der Waals surface area contributed by atoms with E-state index >= 15 is 0 Å². The van der Waals surface area contributed by atoms with E-state index in [1.165, 1.54) is 173 Å². The van der Waals surface area contributed by atoms with Gasteiger partial charge in [0.05, 0.1) is 0 Å². The Labute approximate surface area is 374 Å². The third-order valence-electron chi connectivity index (χ3n) is 12.5. The van der Waals surface area contributed by atoms with Gasteiger partial charge in [0.1, 0.15) is 13.2 Å². The minimum Gasteiger partial charge on any atom is -0.462 e. The molecule has 60 heavy (non-hydrogen) atoms. The summed E-state index contributed by atoms with van der Waals surface area (Å²) in [6.07, 6.45) is 45.2. The first kappa shape index (κ1) is 58.4. The first-order valence-electron chi connectivity index (χ1n) is 26.6. The van der Waals surface area contributed by atoms with Crippen molar-refractivity contribution in [1.29, 1.82) is 0 Å². The van der Waals surface area contributed by atoms with E-state index in [2.05, 4.69) is 41.5 Å². The summed E-state index contributed by atoms with van der Waals surface area (Å²) in [6.45, 7) is 13.7. The topological polar surface area (TPSA) is 78.9 Å². The molecule has 0 saturated carbocycles. The minimum atomic E-state index is -0.763. The molecular formula is C54H104O6. The highest BCUT2D eigenvalue weighted by Crippen LogP contribution is 2.18. The predicted octanol–water partition coefficient (Wildman–Crippen LogP) is 17.2. The molecule has 0 rings (SSSR count). The van der Waals surface area contributed by atoms with Crippen LogP contribution in [-0.4, -0.2) is 37.2 Å². The third-order valence-corrected chi connectivity index (χ3v) is 12.5. The maximum Gasteiger partial charge on any atom is 0.306 e. The number of unbranched alkanes of at least 4 members (excludes halogenated alkanes) is 29. The summed E-state index contributed by atoms with van der Waals surface area (Å²) >= 11 is 0. The van der Waals surface area contributed by atoms with Gasteiger partial charge >= 0.3 is 17.9 Å². The van der Waals surface area contributed by atoms with Gasteiger partial charge in [-0.25, -0.2) is 0 Å². The van der Waals surface area contributed by atoms with Crippen molar-refractivity contribution < 1.29 is 28.6 Å². The van der Waals surface area contributed by atoms with Crippen LogP contribution in [0.1, 0.15) is 292 Å². The molecule has 0 aromatic rings. The summed E-state index contributed by atoms with van der Waals surface area (Å²) in [5, 5.41) is 0. The Morgan fingerprint density at radius 3 is 0.867 bits per heavy atom. The van der Waals surface area contributed by atoms with Gasteiger partial charge in [-0.15, -0.1) is 0 Å². The molecule has 0 aliphatic carbocycles. The molecule has 0 spiro atoms. The zero-order valence-electron chi connectivity index (χ0n) is 41.3. The van der Waals surface area contributed by atoms with Crippen LogP contribution in [0.2, 0.25) is 0 Å². The zero-order valence-corrected chi connectivity index (χ0v) is 41.3. The monoisotopic (exact) mass is 849 g/mol. The lowest BCUT2D eigenvalue weighted by Gasteiger charge is -2.18. The van der Waals surface area contributed by atoms with Crippen LogP contribution < -0.4 is 0 Å².